The van der Waals surface area contributed by atoms with Crippen LogP contribution in [0.2, 0.25) is 0 Å². The Bertz CT molecular complexity index is 1100. The van der Waals surface area contributed by atoms with E-state index in [2.05, 4.69) is 10.0 Å². The fourth-order valence-electron chi connectivity index (χ4n) is 2.89. The molecule has 0 aliphatic rings. The van der Waals surface area contributed by atoms with Crippen molar-refractivity contribution in [1.29, 1.82) is 0 Å². The Hall–Kier alpha value is -3.16. The SMILES string of the molecule is Cc1ccc(OC(C)C(=O)Nc2ccc(S(=O)(=O)NCCc3ccccc3)cc2)cc1. The van der Waals surface area contributed by atoms with Crippen LogP contribution in [0.1, 0.15) is 18.1 Å². The predicted molar refractivity (Wildman–Crippen MR) is 122 cm³/mol. The highest BCUT2D eigenvalue weighted by molar-refractivity contribution is 7.89. The summed E-state index contributed by atoms with van der Waals surface area (Å²) in [6.45, 7) is 3.94. The van der Waals surface area contributed by atoms with E-state index in [1.54, 1.807) is 19.1 Å². The molecular weight excluding hydrogens is 412 g/mol. The van der Waals surface area contributed by atoms with Gasteiger partial charge in [0.25, 0.3) is 5.91 Å². The number of amides is 1. The van der Waals surface area contributed by atoms with Gasteiger partial charge in [-0.05, 0) is 62.2 Å². The van der Waals surface area contributed by atoms with Gasteiger partial charge < -0.3 is 10.1 Å². The van der Waals surface area contributed by atoms with Crippen LogP contribution in [-0.4, -0.2) is 27.0 Å². The normalized spacial score (nSPS) is 12.2. The summed E-state index contributed by atoms with van der Waals surface area (Å²) in [5.41, 5.74) is 2.66. The van der Waals surface area contributed by atoms with Crippen LogP contribution in [0.25, 0.3) is 0 Å². The molecule has 1 unspecified atom stereocenters. The molecule has 3 aromatic rings. The molecular formula is C24H26N2O4S. The first-order valence-electron chi connectivity index (χ1n) is 10.0. The number of rotatable bonds is 9. The maximum atomic E-state index is 12.5. The van der Waals surface area contributed by atoms with E-state index in [4.69, 9.17) is 4.74 Å². The van der Waals surface area contributed by atoms with Gasteiger partial charge in [0.1, 0.15) is 5.75 Å². The second kappa shape index (κ2) is 10.2. The van der Waals surface area contributed by atoms with Gasteiger partial charge in [0.2, 0.25) is 10.0 Å². The topological polar surface area (TPSA) is 84.5 Å². The minimum Gasteiger partial charge on any atom is -0.481 e. The molecule has 7 heteroatoms. The van der Waals surface area contributed by atoms with Gasteiger partial charge in [-0.3, -0.25) is 4.79 Å². The predicted octanol–water partition coefficient (Wildman–Crippen LogP) is 3.92. The van der Waals surface area contributed by atoms with Gasteiger partial charge >= 0.3 is 0 Å². The van der Waals surface area contributed by atoms with E-state index in [-0.39, 0.29) is 10.8 Å². The third-order valence-corrected chi connectivity index (χ3v) is 6.16. The molecule has 0 aromatic heterocycles. The first-order chi connectivity index (χ1) is 14.8. The van der Waals surface area contributed by atoms with E-state index < -0.39 is 16.1 Å². The van der Waals surface area contributed by atoms with Crippen LogP contribution < -0.4 is 14.8 Å². The third-order valence-electron chi connectivity index (χ3n) is 4.68. The van der Waals surface area contributed by atoms with Crippen molar-refractivity contribution in [3.63, 3.8) is 0 Å². The smallest absolute Gasteiger partial charge is 0.265 e. The number of carbonyl (C=O) groups excluding carboxylic acids is 1. The van der Waals surface area contributed by atoms with Crippen LogP contribution in [-0.2, 0) is 21.2 Å². The van der Waals surface area contributed by atoms with Crippen molar-refractivity contribution < 1.29 is 17.9 Å². The monoisotopic (exact) mass is 438 g/mol. The number of anilines is 1. The highest BCUT2D eigenvalue weighted by Crippen LogP contribution is 2.16. The number of nitrogens with one attached hydrogen (secondary N) is 2. The van der Waals surface area contributed by atoms with Crippen molar-refractivity contribution in [3.8, 4) is 5.75 Å². The molecule has 0 bridgehead atoms. The number of sulfonamides is 1. The Labute approximate surface area is 183 Å². The van der Waals surface area contributed by atoms with Gasteiger partial charge in [-0.1, -0.05) is 48.0 Å². The van der Waals surface area contributed by atoms with Gasteiger partial charge in [-0.15, -0.1) is 0 Å². The molecule has 2 N–H and O–H groups in total. The first kappa shape index (κ1) is 22.5. The standard InChI is InChI=1S/C24H26N2O4S/c1-18-8-12-22(13-9-18)30-19(2)24(27)26-21-10-14-23(15-11-21)31(28,29)25-17-16-20-6-4-3-5-7-20/h3-15,19,25H,16-17H2,1-2H3,(H,26,27). The number of ether oxygens (including phenoxy) is 1. The lowest BCUT2D eigenvalue weighted by Gasteiger charge is -2.15. The summed E-state index contributed by atoms with van der Waals surface area (Å²) in [5, 5.41) is 2.74. The zero-order valence-corrected chi connectivity index (χ0v) is 18.4. The maximum Gasteiger partial charge on any atom is 0.265 e. The van der Waals surface area contributed by atoms with Crippen molar-refractivity contribution >= 4 is 21.6 Å². The Kier molecular flexibility index (Phi) is 7.44. The fraction of sp³-hybridized carbons (Fsp3) is 0.208. The van der Waals surface area contributed by atoms with Gasteiger partial charge in [0, 0.05) is 12.2 Å². The fourth-order valence-corrected chi connectivity index (χ4v) is 3.93. The maximum absolute atomic E-state index is 12.5. The van der Waals surface area contributed by atoms with Crippen molar-refractivity contribution in [2.24, 2.45) is 0 Å². The summed E-state index contributed by atoms with van der Waals surface area (Å²) in [4.78, 5) is 12.5. The molecule has 0 heterocycles. The highest BCUT2D eigenvalue weighted by atomic mass is 32.2. The zero-order chi connectivity index (χ0) is 22.3. The molecule has 1 atom stereocenters. The van der Waals surface area contributed by atoms with Crippen LogP contribution in [0.5, 0.6) is 5.75 Å². The molecule has 31 heavy (non-hydrogen) atoms. The van der Waals surface area contributed by atoms with Crippen molar-refractivity contribution in [3.05, 3.63) is 90.0 Å². The van der Waals surface area contributed by atoms with E-state index in [0.717, 1.165) is 11.1 Å². The number of carbonyl (C=O) groups is 1. The zero-order valence-electron chi connectivity index (χ0n) is 17.5. The highest BCUT2D eigenvalue weighted by Gasteiger charge is 2.17. The van der Waals surface area contributed by atoms with Gasteiger partial charge in [-0.2, -0.15) is 0 Å². The van der Waals surface area contributed by atoms with Crippen LogP contribution in [0.15, 0.2) is 83.8 Å². The summed E-state index contributed by atoms with van der Waals surface area (Å²) in [6.07, 6.45) is -0.0987. The first-order valence-corrected chi connectivity index (χ1v) is 11.5. The lowest BCUT2D eigenvalue weighted by Crippen LogP contribution is -2.30. The summed E-state index contributed by atoms with van der Waals surface area (Å²) in [6, 6.07) is 23.1. The molecule has 0 saturated carbocycles. The van der Waals surface area contributed by atoms with Gasteiger partial charge in [-0.25, -0.2) is 13.1 Å². The molecule has 0 saturated heterocycles. The minimum absolute atomic E-state index is 0.141. The molecule has 3 aromatic carbocycles. The molecule has 1 amide bonds. The van der Waals surface area contributed by atoms with Crippen molar-refractivity contribution in [1.82, 2.24) is 4.72 Å². The molecule has 6 nitrogen and oxygen atoms in total. The Morgan fingerprint density at radius 3 is 2.23 bits per heavy atom. The second-order valence-electron chi connectivity index (χ2n) is 7.22. The number of hydrogen-bond acceptors (Lipinski definition) is 4. The number of benzene rings is 3. The van der Waals surface area contributed by atoms with E-state index in [1.165, 1.54) is 12.1 Å². The van der Waals surface area contributed by atoms with Crippen LogP contribution >= 0.6 is 0 Å². The average molecular weight is 439 g/mol. The van der Waals surface area contributed by atoms with Crippen molar-refractivity contribution in [2.45, 2.75) is 31.3 Å². The van der Waals surface area contributed by atoms with E-state index in [1.807, 2.05) is 61.5 Å². The Balaban J connectivity index is 1.53. The largest absolute Gasteiger partial charge is 0.481 e. The number of hydrogen-bond donors (Lipinski definition) is 2. The molecule has 0 spiro atoms. The molecule has 0 radical (unpaired) electrons. The summed E-state index contributed by atoms with van der Waals surface area (Å²) in [7, 11) is -3.62. The van der Waals surface area contributed by atoms with Crippen LogP contribution in [0.3, 0.4) is 0 Å². The average Bonchev–Trinajstić information content (AvgIpc) is 2.76. The molecule has 0 aliphatic carbocycles. The third kappa shape index (κ3) is 6.67. The van der Waals surface area contributed by atoms with Gasteiger partial charge in [0.15, 0.2) is 6.10 Å². The minimum atomic E-state index is -3.62. The van der Waals surface area contributed by atoms with E-state index in [9.17, 15) is 13.2 Å². The number of aryl methyl sites for hydroxylation is 1. The Morgan fingerprint density at radius 1 is 0.935 bits per heavy atom. The second-order valence-corrected chi connectivity index (χ2v) is 8.99. The molecule has 162 valence electrons. The quantitative estimate of drug-likeness (QED) is 0.530. The molecule has 0 fully saturated rings. The van der Waals surface area contributed by atoms with E-state index >= 15 is 0 Å². The van der Waals surface area contributed by atoms with Crippen LogP contribution in [0, 0.1) is 6.92 Å². The summed E-state index contributed by atoms with van der Waals surface area (Å²) >= 11 is 0. The van der Waals surface area contributed by atoms with Crippen molar-refractivity contribution in [2.75, 3.05) is 11.9 Å². The summed E-state index contributed by atoms with van der Waals surface area (Å²) in [5.74, 6) is 0.286. The van der Waals surface area contributed by atoms with Crippen LogP contribution in [0.4, 0.5) is 5.69 Å². The Morgan fingerprint density at radius 2 is 1.58 bits per heavy atom. The molecule has 3 rings (SSSR count). The van der Waals surface area contributed by atoms with E-state index in [0.29, 0.717) is 24.4 Å². The van der Waals surface area contributed by atoms with Gasteiger partial charge in [0.05, 0.1) is 4.90 Å². The lowest BCUT2D eigenvalue weighted by atomic mass is 10.2. The lowest BCUT2D eigenvalue weighted by molar-refractivity contribution is -0.122. The summed E-state index contributed by atoms with van der Waals surface area (Å²) < 4.78 is 33.2. The molecule has 0 aliphatic heterocycles.